The summed E-state index contributed by atoms with van der Waals surface area (Å²) in [6.07, 6.45) is 4.54. The molecule has 0 radical (unpaired) electrons. The van der Waals surface area contributed by atoms with Crippen LogP contribution < -0.4 is 5.32 Å². The van der Waals surface area contributed by atoms with E-state index in [1.807, 2.05) is 6.92 Å². The highest BCUT2D eigenvalue weighted by atomic mass is 35.5. The van der Waals surface area contributed by atoms with Gasteiger partial charge in [0, 0.05) is 35.8 Å². The van der Waals surface area contributed by atoms with Crippen LogP contribution in [0.4, 0.5) is 10.2 Å². The molecule has 3 aromatic heterocycles. The maximum Gasteiger partial charge on any atom is 0.269 e. The van der Waals surface area contributed by atoms with Crippen molar-refractivity contribution in [1.82, 2.24) is 18.9 Å². The first kappa shape index (κ1) is 28.4. The van der Waals surface area contributed by atoms with E-state index in [4.69, 9.17) is 11.6 Å². The zero-order valence-corrected chi connectivity index (χ0v) is 23.2. The van der Waals surface area contributed by atoms with Crippen molar-refractivity contribution in [2.45, 2.75) is 61.7 Å². The molecule has 1 aromatic carbocycles. The van der Waals surface area contributed by atoms with Crippen molar-refractivity contribution < 1.29 is 28.1 Å². The van der Waals surface area contributed by atoms with Gasteiger partial charge < -0.3 is 20.6 Å². The molecule has 1 saturated carbocycles. The normalized spacial score (nSPS) is 20.5. The number of hydrogen-bond donors (Lipinski definition) is 4. The number of fused-ring (bicyclic) bond motifs is 1. The number of nitrogens with zero attached hydrogens (tertiary/aromatic N) is 4. The van der Waals surface area contributed by atoms with Crippen molar-refractivity contribution in [3.63, 3.8) is 0 Å². The van der Waals surface area contributed by atoms with Crippen LogP contribution in [0.15, 0.2) is 53.8 Å². The fourth-order valence-corrected chi connectivity index (χ4v) is 6.66. The summed E-state index contributed by atoms with van der Waals surface area (Å²) in [5.74, 6) is -0.780. The number of nitrogens with one attached hydrogen (secondary N) is 1. The van der Waals surface area contributed by atoms with Gasteiger partial charge in [-0.25, -0.2) is 31.7 Å². The molecular weight excluding hydrogens is 561 g/mol. The average molecular weight is 590 g/mol. The van der Waals surface area contributed by atoms with Crippen molar-refractivity contribution in [2.75, 3.05) is 11.9 Å². The van der Waals surface area contributed by atoms with Gasteiger partial charge in [0.25, 0.3) is 10.0 Å². The fourth-order valence-electron chi connectivity index (χ4n) is 5.18. The van der Waals surface area contributed by atoms with Crippen molar-refractivity contribution in [3.05, 3.63) is 65.3 Å². The lowest BCUT2D eigenvalue weighted by Gasteiger charge is -2.38. The van der Waals surface area contributed by atoms with Gasteiger partial charge in [-0.3, -0.25) is 0 Å². The second kappa shape index (κ2) is 11.0. The Morgan fingerprint density at radius 2 is 2.00 bits per heavy atom. The summed E-state index contributed by atoms with van der Waals surface area (Å²) in [6.45, 7) is 1.39. The summed E-state index contributed by atoms with van der Waals surface area (Å²) in [5, 5.41) is 33.6. The summed E-state index contributed by atoms with van der Waals surface area (Å²) in [6, 6.07) is 7.60. The number of aryl methyl sites for hydroxylation is 1. The Labute approximate surface area is 235 Å². The average Bonchev–Trinajstić information content (AvgIpc) is 3.29. The summed E-state index contributed by atoms with van der Waals surface area (Å²) in [4.78, 5) is 12.8. The van der Waals surface area contributed by atoms with Crippen LogP contribution in [0.2, 0.25) is 5.02 Å². The first-order chi connectivity index (χ1) is 19.0. The van der Waals surface area contributed by atoms with Gasteiger partial charge in [-0.05, 0) is 50.8 Å². The molecule has 13 heteroatoms. The minimum atomic E-state index is -4.05. The van der Waals surface area contributed by atoms with Gasteiger partial charge in [0.1, 0.15) is 0 Å². The molecule has 0 saturated heterocycles. The van der Waals surface area contributed by atoms with Crippen molar-refractivity contribution in [2.24, 2.45) is 0 Å². The van der Waals surface area contributed by atoms with Crippen LogP contribution >= 0.6 is 11.6 Å². The lowest BCUT2D eigenvalue weighted by Crippen LogP contribution is -2.43. The lowest BCUT2D eigenvalue weighted by atomic mass is 9.78. The minimum absolute atomic E-state index is 0.00189. The van der Waals surface area contributed by atoms with E-state index in [0.717, 1.165) is 15.7 Å². The predicted octanol–water partition coefficient (Wildman–Crippen LogP) is 3.66. The molecule has 40 heavy (non-hydrogen) atoms. The van der Waals surface area contributed by atoms with Gasteiger partial charge in [0.2, 0.25) is 0 Å². The summed E-state index contributed by atoms with van der Waals surface area (Å²) >= 11 is 6.20. The largest absolute Gasteiger partial charge is 0.394 e. The Kier molecular flexibility index (Phi) is 7.81. The Morgan fingerprint density at radius 3 is 2.73 bits per heavy atom. The van der Waals surface area contributed by atoms with E-state index in [-0.39, 0.29) is 51.7 Å². The highest BCUT2D eigenvalue weighted by Gasteiger charge is 2.36. The minimum Gasteiger partial charge on any atom is -0.394 e. The third-order valence-corrected chi connectivity index (χ3v) is 9.00. The molecule has 0 amide bonds. The molecule has 3 atom stereocenters. The Morgan fingerprint density at radius 1 is 1.25 bits per heavy atom. The fraction of sp³-hybridized carbons (Fsp3) is 0.370. The topological polar surface area (TPSA) is 150 Å². The van der Waals surface area contributed by atoms with E-state index in [9.17, 15) is 28.1 Å². The maximum absolute atomic E-state index is 14.9. The summed E-state index contributed by atoms with van der Waals surface area (Å²) < 4.78 is 43.0. The van der Waals surface area contributed by atoms with Crippen molar-refractivity contribution >= 4 is 38.5 Å². The van der Waals surface area contributed by atoms with Gasteiger partial charge in [-0.1, -0.05) is 29.3 Å². The van der Waals surface area contributed by atoms with E-state index >= 15 is 0 Å². The number of aliphatic hydroxyl groups excluding tert-OH is 2. The molecule has 1 aliphatic carbocycles. The molecule has 2 unspecified atom stereocenters. The van der Waals surface area contributed by atoms with Gasteiger partial charge in [0.05, 0.1) is 34.4 Å². The van der Waals surface area contributed by atoms with Gasteiger partial charge in [0.15, 0.2) is 23.1 Å². The van der Waals surface area contributed by atoms with E-state index < -0.39 is 34.2 Å². The smallest absolute Gasteiger partial charge is 0.269 e. The molecule has 5 rings (SSSR count). The molecule has 212 valence electrons. The Hall–Kier alpha value is -3.16. The van der Waals surface area contributed by atoms with Gasteiger partial charge in [-0.2, -0.15) is 0 Å². The monoisotopic (exact) mass is 589 g/mol. The first-order valence-electron chi connectivity index (χ1n) is 12.8. The quantitative estimate of drug-likeness (QED) is 0.241. The van der Waals surface area contributed by atoms with Crippen molar-refractivity contribution in [3.8, 4) is 11.4 Å². The standard InChI is InChI=1S/C27H29ClFN5O5S/c1-16-4-6-20(7-5-16)40(38,39)34-14-22(21-9-17(28)12-31-26(21)34)24-30-13-23(29)25(33-24)32-18-3-2-8-27(37,10-18)11-19(36)15-35/h4-7,9,12-14,18-19,35-37H,2-3,8,10-11,15H2,1H3,(H,30,32,33)/t18?,19?,27-/m1/s1. The number of hydrogen-bond acceptors (Lipinski definition) is 9. The molecule has 3 heterocycles. The molecule has 1 fully saturated rings. The van der Waals surface area contributed by atoms with Crippen molar-refractivity contribution in [1.29, 1.82) is 0 Å². The molecular formula is C27H29ClFN5O5S. The zero-order chi connectivity index (χ0) is 28.7. The maximum atomic E-state index is 14.9. The Bertz CT molecular complexity index is 1650. The number of aliphatic hydroxyl groups is 3. The number of rotatable bonds is 8. The third-order valence-electron chi connectivity index (χ3n) is 7.13. The SMILES string of the molecule is Cc1ccc(S(=O)(=O)n2cc(-c3ncc(F)c(NC4CCC[C@](O)(CC(O)CO)C4)n3)c3cc(Cl)cnc32)cc1. The van der Waals surface area contributed by atoms with E-state index in [1.165, 1.54) is 24.5 Å². The van der Waals surface area contributed by atoms with Crippen LogP contribution in [-0.2, 0) is 10.0 Å². The van der Waals surface area contributed by atoms with Crippen LogP contribution in [0, 0.1) is 12.7 Å². The number of pyridine rings is 1. The third kappa shape index (κ3) is 5.68. The van der Waals surface area contributed by atoms with Crippen LogP contribution in [0.5, 0.6) is 0 Å². The second-order valence-electron chi connectivity index (χ2n) is 10.3. The van der Waals surface area contributed by atoms with Crippen LogP contribution in [0.3, 0.4) is 0 Å². The summed E-state index contributed by atoms with van der Waals surface area (Å²) in [5.41, 5.74) is 0.0877. The first-order valence-corrected chi connectivity index (χ1v) is 14.6. The lowest BCUT2D eigenvalue weighted by molar-refractivity contribution is -0.0512. The van der Waals surface area contributed by atoms with E-state index in [1.54, 1.807) is 18.2 Å². The number of anilines is 1. The van der Waals surface area contributed by atoms with Crippen LogP contribution in [0.1, 0.15) is 37.7 Å². The van der Waals surface area contributed by atoms with E-state index in [2.05, 4.69) is 20.3 Å². The molecule has 10 nitrogen and oxygen atoms in total. The molecule has 0 spiro atoms. The highest BCUT2D eigenvalue weighted by molar-refractivity contribution is 7.90. The second-order valence-corrected chi connectivity index (χ2v) is 12.5. The van der Waals surface area contributed by atoms with Crippen LogP contribution in [0.25, 0.3) is 22.4 Å². The van der Waals surface area contributed by atoms with E-state index in [0.29, 0.717) is 24.6 Å². The molecule has 0 aliphatic heterocycles. The van der Waals surface area contributed by atoms with Gasteiger partial charge in [-0.15, -0.1) is 0 Å². The number of benzene rings is 1. The van der Waals surface area contributed by atoms with Gasteiger partial charge >= 0.3 is 0 Å². The zero-order valence-electron chi connectivity index (χ0n) is 21.6. The predicted molar refractivity (Wildman–Crippen MR) is 148 cm³/mol. The number of aromatic nitrogens is 4. The molecule has 1 aliphatic rings. The number of halogens is 2. The highest BCUT2D eigenvalue weighted by Crippen LogP contribution is 2.35. The Balaban J connectivity index is 1.52. The molecule has 4 aromatic rings. The summed E-state index contributed by atoms with van der Waals surface area (Å²) in [7, 11) is -4.05. The molecule has 4 N–H and O–H groups in total. The molecule has 0 bridgehead atoms. The van der Waals surface area contributed by atoms with Crippen LogP contribution in [-0.4, -0.2) is 67.0 Å².